The molecule has 1 N–H and O–H groups in total. The zero-order valence-corrected chi connectivity index (χ0v) is 11.2. The summed E-state index contributed by atoms with van der Waals surface area (Å²) in [6.07, 6.45) is 7.94. The van der Waals surface area contributed by atoms with Crippen LogP contribution in [0.15, 0.2) is 0 Å². The maximum absolute atomic E-state index is 11.9. The number of piperazine rings is 1. The van der Waals surface area contributed by atoms with Crippen molar-refractivity contribution in [3.8, 4) is 0 Å². The highest BCUT2D eigenvalue weighted by atomic mass is 16.2. The van der Waals surface area contributed by atoms with Crippen molar-refractivity contribution in [3.05, 3.63) is 0 Å². The number of nitrogens with one attached hydrogen (secondary N) is 1. The second kappa shape index (κ2) is 5.85. The van der Waals surface area contributed by atoms with Gasteiger partial charge in [-0.05, 0) is 25.2 Å². The monoisotopic (exact) mass is 238 g/mol. The summed E-state index contributed by atoms with van der Waals surface area (Å²) in [7, 11) is 0. The Bertz CT molecular complexity index is 267. The van der Waals surface area contributed by atoms with E-state index in [0.717, 1.165) is 12.5 Å². The normalized spacial score (nSPS) is 36.5. The molecule has 0 aromatic heterocycles. The van der Waals surface area contributed by atoms with Gasteiger partial charge in [-0.15, -0.1) is 0 Å². The minimum absolute atomic E-state index is 0.348. The van der Waals surface area contributed by atoms with E-state index in [1.807, 2.05) is 13.8 Å². The molecule has 3 fully saturated rings. The lowest BCUT2D eigenvalue weighted by Crippen LogP contribution is -2.54. The van der Waals surface area contributed by atoms with Gasteiger partial charge in [0, 0.05) is 18.6 Å². The summed E-state index contributed by atoms with van der Waals surface area (Å²) in [5, 5.41) is 3.24. The predicted molar refractivity (Wildman–Crippen MR) is 69.8 cm³/mol. The average molecular weight is 238 g/mol. The Hall–Kier alpha value is -0.570. The maximum atomic E-state index is 11.9. The summed E-state index contributed by atoms with van der Waals surface area (Å²) in [6, 6.07) is 1.10. The van der Waals surface area contributed by atoms with Gasteiger partial charge in [0.2, 0.25) is 5.91 Å². The Balaban J connectivity index is 0.000000514. The van der Waals surface area contributed by atoms with Gasteiger partial charge in [-0.2, -0.15) is 0 Å². The Morgan fingerprint density at radius 2 is 1.94 bits per heavy atom. The third-order valence-electron chi connectivity index (χ3n) is 4.39. The Kier molecular flexibility index (Phi) is 4.43. The summed E-state index contributed by atoms with van der Waals surface area (Å²) in [5.74, 6) is 1.15. The van der Waals surface area contributed by atoms with Gasteiger partial charge >= 0.3 is 0 Å². The largest absolute Gasteiger partial charge is 0.334 e. The average Bonchev–Trinajstić information content (AvgIpc) is 2.56. The minimum atomic E-state index is 0.348. The zero-order chi connectivity index (χ0) is 12.3. The van der Waals surface area contributed by atoms with E-state index in [2.05, 4.69) is 10.2 Å². The molecule has 98 valence electrons. The molecule has 0 aromatic rings. The summed E-state index contributed by atoms with van der Waals surface area (Å²) < 4.78 is 0. The molecule has 3 rings (SSSR count). The fourth-order valence-corrected chi connectivity index (χ4v) is 3.75. The summed E-state index contributed by atoms with van der Waals surface area (Å²) in [5.41, 5.74) is 0. The van der Waals surface area contributed by atoms with Crippen LogP contribution in [0, 0.1) is 5.92 Å². The van der Waals surface area contributed by atoms with Crippen LogP contribution in [0.5, 0.6) is 0 Å². The first-order chi connectivity index (χ1) is 8.36. The van der Waals surface area contributed by atoms with Crippen LogP contribution in [-0.4, -0.2) is 36.0 Å². The lowest BCUT2D eigenvalue weighted by atomic mass is 9.94. The van der Waals surface area contributed by atoms with Gasteiger partial charge in [0.15, 0.2) is 0 Å². The van der Waals surface area contributed by atoms with Gasteiger partial charge in [-0.25, -0.2) is 0 Å². The molecule has 2 aliphatic heterocycles. The van der Waals surface area contributed by atoms with E-state index >= 15 is 0 Å². The van der Waals surface area contributed by atoms with E-state index in [-0.39, 0.29) is 0 Å². The van der Waals surface area contributed by atoms with Crippen molar-refractivity contribution in [1.82, 2.24) is 10.2 Å². The van der Waals surface area contributed by atoms with Gasteiger partial charge < -0.3 is 10.2 Å². The zero-order valence-electron chi connectivity index (χ0n) is 11.2. The van der Waals surface area contributed by atoms with Crippen LogP contribution < -0.4 is 5.32 Å². The molecule has 0 aromatic carbocycles. The third kappa shape index (κ3) is 2.49. The summed E-state index contributed by atoms with van der Waals surface area (Å²) in [4.78, 5) is 14.1. The van der Waals surface area contributed by atoms with E-state index in [0.29, 0.717) is 24.5 Å². The van der Waals surface area contributed by atoms with Crippen molar-refractivity contribution in [3.63, 3.8) is 0 Å². The van der Waals surface area contributed by atoms with Gasteiger partial charge in [-0.1, -0.05) is 33.1 Å². The number of hydrogen-bond donors (Lipinski definition) is 1. The van der Waals surface area contributed by atoms with Crippen LogP contribution in [0.2, 0.25) is 0 Å². The molecule has 1 saturated carbocycles. The van der Waals surface area contributed by atoms with Crippen molar-refractivity contribution in [2.75, 3.05) is 13.1 Å². The Morgan fingerprint density at radius 3 is 2.76 bits per heavy atom. The minimum Gasteiger partial charge on any atom is -0.334 e. The molecule has 0 unspecified atom stereocenters. The Labute approximate surface area is 105 Å². The van der Waals surface area contributed by atoms with Crippen molar-refractivity contribution in [2.45, 2.75) is 64.5 Å². The van der Waals surface area contributed by atoms with Gasteiger partial charge in [0.1, 0.15) is 0 Å². The van der Waals surface area contributed by atoms with E-state index in [1.54, 1.807) is 0 Å². The van der Waals surface area contributed by atoms with Gasteiger partial charge in [0.25, 0.3) is 0 Å². The highest BCUT2D eigenvalue weighted by Crippen LogP contribution is 2.39. The molecule has 0 spiro atoms. The highest BCUT2D eigenvalue weighted by Gasteiger charge is 2.44. The Morgan fingerprint density at radius 1 is 1.18 bits per heavy atom. The van der Waals surface area contributed by atoms with E-state index in [1.165, 1.54) is 38.5 Å². The van der Waals surface area contributed by atoms with Crippen LogP contribution >= 0.6 is 0 Å². The van der Waals surface area contributed by atoms with E-state index in [4.69, 9.17) is 0 Å². The molecule has 3 atom stereocenters. The molecule has 3 nitrogen and oxygen atoms in total. The smallest absolute Gasteiger partial charge is 0.237 e. The molecule has 17 heavy (non-hydrogen) atoms. The number of rotatable bonds is 0. The number of hydrogen-bond acceptors (Lipinski definition) is 2. The van der Waals surface area contributed by atoms with Crippen LogP contribution in [0.25, 0.3) is 0 Å². The first-order valence-corrected chi connectivity index (χ1v) is 7.38. The summed E-state index contributed by atoms with van der Waals surface area (Å²) >= 11 is 0. The topological polar surface area (TPSA) is 32.3 Å². The summed E-state index contributed by atoms with van der Waals surface area (Å²) in [6.45, 7) is 5.60. The molecule has 3 heteroatoms. The quantitative estimate of drug-likeness (QED) is 0.701. The lowest BCUT2D eigenvalue weighted by molar-refractivity contribution is -0.135. The third-order valence-corrected chi connectivity index (χ3v) is 4.39. The molecule has 3 aliphatic rings. The molecule has 1 amide bonds. The van der Waals surface area contributed by atoms with Crippen molar-refractivity contribution >= 4 is 5.91 Å². The molecular weight excluding hydrogens is 212 g/mol. The maximum Gasteiger partial charge on any atom is 0.237 e. The first kappa shape index (κ1) is 12.9. The molecular formula is C14H26N2O. The molecule has 0 bridgehead atoms. The standard InChI is InChI=1S/C12H20N2O.C2H6/c15-12-8-13-7-10-6-9-4-2-1-3-5-11(9)14(10)12;1-2/h9-11,13H,1-8H2;1-2H3/t9-,10+,11+;/m0./s1. The molecule has 0 radical (unpaired) electrons. The van der Waals surface area contributed by atoms with Crippen molar-refractivity contribution < 1.29 is 4.79 Å². The van der Waals surface area contributed by atoms with Crippen molar-refractivity contribution in [2.24, 2.45) is 5.92 Å². The van der Waals surface area contributed by atoms with E-state index < -0.39 is 0 Å². The van der Waals surface area contributed by atoms with E-state index in [9.17, 15) is 4.79 Å². The van der Waals surface area contributed by atoms with Crippen LogP contribution in [0.3, 0.4) is 0 Å². The highest BCUT2D eigenvalue weighted by molar-refractivity contribution is 5.80. The molecule has 2 saturated heterocycles. The van der Waals surface area contributed by atoms with Crippen molar-refractivity contribution in [1.29, 1.82) is 0 Å². The first-order valence-electron chi connectivity index (χ1n) is 7.38. The second-order valence-electron chi connectivity index (χ2n) is 5.29. The number of carbonyl (C=O) groups is 1. The van der Waals surface area contributed by atoms with Crippen LogP contribution in [0.4, 0.5) is 0 Å². The van der Waals surface area contributed by atoms with Crippen LogP contribution in [0.1, 0.15) is 52.4 Å². The van der Waals surface area contributed by atoms with Gasteiger partial charge in [-0.3, -0.25) is 4.79 Å². The predicted octanol–water partition coefficient (Wildman–Crippen LogP) is 2.17. The number of fused-ring (bicyclic) bond motifs is 3. The fraction of sp³-hybridized carbons (Fsp3) is 0.929. The molecule has 2 heterocycles. The number of carbonyl (C=O) groups excluding carboxylic acids is 1. The number of amides is 1. The molecule has 1 aliphatic carbocycles. The number of nitrogens with zero attached hydrogens (tertiary/aromatic N) is 1. The second-order valence-corrected chi connectivity index (χ2v) is 5.29. The fourth-order valence-electron chi connectivity index (χ4n) is 3.75. The SMILES string of the molecule is CC.O=C1CNC[C@H]2C[C@@H]3CCCCC[C@H]3N12. The van der Waals surface area contributed by atoms with Gasteiger partial charge in [0.05, 0.1) is 6.54 Å². The lowest BCUT2D eigenvalue weighted by Gasteiger charge is -2.35. The van der Waals surface area contributed by atoms with Crippen LogP contribution in [-0.2, 0) is 4.79 Å².